The molecule has 1 heterocycles. The van der Waals surface area contributed by atoms with Crippen molar-refractivity contribution in [1.29, 1.82) is 0 Å². The number of sulfone groups is 1. The van der Waals surface area contributed by atoms with Gasteiger partial charge < -0.3 is 9.30 Å². The minimum atomic E-state index is -2.95. The van der Waals surface area contributed by atoms with E-state index in [1.807, 2.05) is 22.8 Å². The molecule has 0 fully saturated rings. The molecule has 21 heavy (non-hydrogen) atoms. The fraction of sp³-hybridized carbons (Fsp3) is 0.500. The van der Waals surface area contributed by atoms with E-state index in [-0.39, 0.29) is 5.75 Å². The van der Waals surface area contributed by atoms with E-state index in [0.29, 0.717) is 25.3 Å². The average molecular weight is 331 g/mol. The quantitative estimate of drug-likeness (QED) is 0.731. The van der Waals surface area contributed by atoms with E-state index in [0.717, 1.165) is 22.6 Å². The van der Waals surface area contributed by atoms with E-state index in [2.05, 4.69) is 4.98 Å². The van der Waals surface area contributed by atoms with Gasteiger partial charge in [0.05, 0.1) is 23.9 Å². The Bertz CT molecular complexity index is 725. The molecule has 0 bridgehead atoms. The van der Waals surface area contributed by atoms with Gasteiger partial charge in [-0.15, -0.1) is 11.6 Å². The van der Waals surface area contributed by atoms with Gasteiger partial charge in [-0.3, -0.25) is 0 Å². The first-order valence-corrected chi connectivity index (χ1v) is 9.31. The fourth-order valence-corrected chi connectivity index (χ4v) is 3.11. The highest BCUT2D eigenvalue weighted by molar-refractivity contribution is 7.90. The lowest BCUT2D eigenvalue weighted by Gasteiger charge is -2.08. The SMILES string of the molecule is COc1ccc2nc(CCCl)n(CCCS(C)(=O)=O)c2c1. The number of methoxy groups -OCH3 is 1. The molecule has 0 amide bonds. The molecule has 0 spiro atoms. The van der Waals surface area contributed by atoms with E-state index in [1.54, 1.807) is 7.11 Å². The van der Waals surface area contributed by atoms with Gasteiger partial charge in [0.1, 0.15) is 21.4 Å². The van der Waals surface area contributed by atoms with Crippen molar-refractivity contribution in [2.24, 2.45) is 0 Å². The summed E-state index contributed by atoms with van der Waals surface area (Å²) in [5.41, 5.74) is 1.82. The number of hydrogen-bond acceptors (Lipinski definition) is 4. The molecular weight excluding hydrogens is 312 g/mol. The molecule has 0 unspecified atom stereocenters. The van der Waals surface area contributed by atoms with Crippen LogP contribution in [0.5, 0.6) is 5.75 Å². The van der Waals surface area contributed by atoms with E-state index in [4.69, 9.17) is 16.3 Å². The highest BCUT2D eigenvalue weighted by Crippen LogP contribution is 2.23. The monoisotopic (exact) mass is 330 g/mol. The second-order valence-corrected chi connectivity index (χ2v) is 7.59. The molecule has 0 aliphatic heterocycles. The van der Waals surface area contributed by atoms with Gasteiger partial charge in [0.25, 0.3) is 0 Å². The van der Waals surface area contributed by atoms with Crippen LogP contribution in [0.4, 0.5) is 0 Å². The lowest BCUT2D eigenvalue weighted by atomic mass is 10.3. The number of aromatic nitrogens is 2. The lowest BCUT2D eigenvalue weighted by Crippen LogP contribution is -2.10. The summed E-state index contributed by atoms with van der Waals surface area (Å²) >= 11 is 5.83. The third-order valence-corrected chi connectivity index (χ3v) is 4.47. The molecule has 0 aliphatic rings. The van der Waals surface area contributed by atoms with Gasteiger partial charge in [0.15, 0.2) is 0 Å². The highest BCUT2D eigenvalue weighted by atomic mass is 35.5. The Morgan fingerprint density at radius 1 is 1.38 bits per heavy atom. The van der Waals surface area contributed by atoms with E-state index in [1.165, 1.54) is 6.26 Å². The number of aryl methyl sites for hydroxylation is 2. The van der Waals surface area contributed by atoms with Crippen LogP contribution in [-0.2, 0) is 22.8 Å². The van der Waals surface area contributed by atoms with Crippen LogP contribution >= 0.6 is 11.6 Å². The number of ether oxygens (including phenoxy) is 1. The number of halogens is 1. The van der Waals surface area contributed by atoms with Crippen molar-refractivity contribution in [1.82, 2.24) is 9.55 Å². The largest absolute Gasteiger partial charge is 0.497 e. The molecule has 1 aromatic heterocycles. The second-order valence-electron chi connectivity index (χ2n) is 4.96. The van der Waals surface area contributed by atoms with Gasteiger partial charge >= 0.3 is 0 Å². The molecule has 0 N–H and O–H groups in total. The Hall–Kier alpha value is -1.27. The number of fused-ring (bicyclic) bond motifs is 1. The Balaban J connectivity index is 2.34. The van der Waals surface area contributed by atoms with Gasteiger partial charge in [-0.25, -0.2) is 13.4 Å². The molecule has 5 nitrogen and oxygen atoms in total. The maximum atomic E-state index is 11.3. The zero-order valence-corrected chi connectivity index (χ0v) is 13.7. The summed E-state index contributed by atoms with van der Waals surface area (Å²) < 4.78 is 29.8. The van der Waals surface area contributed by atoms with Crippen LogP contribution < -0.4 is 4.74 Å². The van der Waals surface area contributed by atoms with Gasteiger partial charge in [-0.05, 0) is 18.6 Å². The van der Waals surface area contributed by atoms with Crippen LogP contribution in [0, 0.1) is 0 Å². The van der Waals surface area contributed by atoms with Crippen molar-refractivity contribution >= 4 is 32.5 Å². The molecule has 0 atom stereocenters. The van der Waals surface area contributed by atoms with Crippen molar-refractivity contribution in [2.45, 2.75) is 19.4 Å². The van der Waals surface area contributed by atoms with Crippen molar-refractivity contribution in [3.8, 4) is 5.75 Å². The fourth-order valence-electron chi connectivity index (χ4n) is 2.29. The summed E-state index contributed by atoms with van der Waals surface area (Å²) in [5.74, 6) is 2.27. The molecule has 0 saturated heterocycles. The zero-order chi connectivity index (χ0) is 15.5. The molecule has 0 saturated carbocycles. The third kappa shape index (κ3) is 4.11. The standard InChI is InChI=1S/C14H19ClN2O3S/c1-20-11-4-5-12-13(10-11)17(14(16-12)6-7-15)8-3-9-21(2,18)19/h4-5,10H,3,6-9H2,1-2H3. The summed E-state index contributed by atoms with van der Waals surface area (Å²) in [6.07, 6.45) is 2.45. The Labute approximate surface area is 129 Å². The maximum absolute atomic E-state index is 11.3. The van der Waals surface area contributed by atoms with Crippen LogP contribution in [0.3, 0.4) is 0 Å². The first kappa shape index (κ1) is 16.1. The summed E-state index contributed by atoms with van der Waals surface area (Å²) in [7, 11) is -1.34. The summed E-state index contributed by atoms with van der Waals surface area (Å²) in [4.78, 5) is 4.57. The number of nitrogens with zero attached hydrogens (tertiary/aromatic N) is 2. The van der Waals surface area contributed by atoms with Crippen LogP contribution in [0.15, 0.2) is 18.2 Å². The Morgan fingerprint density at radius 2 is 2.14 bits per heavy atom. The molecule has 0 radical (unpaired) electrons. The van der Waals surface area contributed by atoms with Gasteiger partial charge in [0, 0.05) is 31.2 Å². The molecule has 1 aromatic carbocycles. The first-order valence-electron chi connectivity index (χ1n) is 6.71. The Morgan fingerprint density at radius 3 is 2.76 bits per heavy atom. The third-order valence-electron chi connectivity index (χ3n) is 3.25. The second kappa shape index (κ2) is 6.66. The number of alkyl halides is 1. The van der Waals surface area contributed by atoms with Gasteiger partial charge in [-0.2, -0.15) is 0 Å². The van der Waals surface area contributed by atoms with Crippen molar-refractivity contribution in [3.63, 3.8) is 0 Å². The number of rotatable bonds is 7. The molecule has 7 heteroatoms. The zero-order valence-electron chi connectivity index (χ0n) is 12.2. The van der Waals surface area contributed by atoms with Crippen LogP contribution in [-0.4, -0.2) is 43.0 Å². The van der Waals surface area contributed by atoms with Crippen LogP contribution in [0.1, 0.15) is 12.2 Å². The summed E-state index contributed by atoms with van der Waals surface area (Å²) in [5, 5.41) is 0. The minimum absolute atomic E-state index is 0.164. The van der Waals surface area contributed by atoms with Crippen LogP contribution in [0.2, 0.25) is 0 Å². The maximum Gasteiger partial charge on any atom is 0.147 e. The van der Waals surface area contributed by atoms with Crippen molar-refractivity contribution in [2.75, 3.05) is 25.0 Å². The van der Waals surface area contributed by atoms with E-state index >= 15 is 0 Å². The molecular formula is C14H19ClN2O3S. The normalized spacial score (nSPS) is 12.0. The molecule has 0 aliphatic carbocycles. The smallest absolute Gasteiger partial charge is 0.147 e. The topological polar surface area (TPSA) is 61.2 Å². The number of benzene rings is 1. The Kier molecular flexibility index (Phi) is 5.11. The molecule has 116 valence electrons. The molecule has 2 aromatic rings. The van der Waals surface area contributed by atoms with Crippen LogP contribution in [0.25, 0.3) is 11.0 Å². The number of hydrogen-bond donors (Lipinski definition) is 0. The minimum Gasteiger partial charge on any atom is -0.497 e. The van der Waals surface area contributed by atoms with Crippen molar-refractivity contribution < 1.29 is 13.2 Å². The van der Waals surface area contributed by atoms with Gasteiger partial charge in [0.2, 0.25) is 0 Å². The average Bonchev–Trinajstić information content (AvgIpc) is 2.75. The summed E-state index contributed by atoms with van der Waals surface area (Å²) in [6.45, 7) is 0.600. The molecule has 2 rings (SSSR count). The van der Waals surface area contributed by atoms with Crippen molar-refractivity contribution in [3.05, 3.63) is 24.0 Å². The van der Waals surface area contributed by atoms with E-state index in [9.17, 15) is 8.42 Å². The predicted molar refractivity (Wildman–Crippen MR) is 85.0 cm³/mol. The highest BCUT2D eigenvalue weighted by Gasteiger charge is 2.12. The predicted octanol–water partition coefficient (Wildman–Crippen LogP) is 2.26. The lowest BCUT2D eigenvalue weighted by molar-refractivity contribution is 0.415. The number of imidazole rings is 1. The summed E-state index contributed by atoms with van der Waals surface area (Å²) in [6, 6.07) is 5.68. The van der Waals surface area contributed by atoms with E-state index < -0.39 is 9.84 Å². The van der Waals surface area contributed by atoms with Gasteiger partial charge in [-0.1, -0.05) is 0 Å². The first-order chi connectivity index (χ1) is 9.94.